The number of quaternary nitrogens is 1. The molecule has 1 fully saturated rings. The van der Waals surface area contributed by atoms with Crippen LogP contribution in [-0.2, 0) is 4.79 Å². The maximum Gasteiger partial charge on any atom is 0.279 e. The van der Waals surface area contributed by atoms with E-state index in [2.05, 4.69) is 5.32 Å². The molecule has 0 spiro atoms. The Morgan fingerprint density at radius 1 is 1.26 bits per heavy atom. The fourth-order valence-corrected chi connectivity index (χ4v) is 3.77. The molecule has 2 atom stereocenters. The maximum absolute atomic E-state index is 13.3. The molecule has 1 unspecified atom stereocenters. The summed E-state index contributed by atoms with van der Waals surface area (Å²) in [7, 11) is 3.26. The lowest BCUT2D eigenvalue weighted by molar-refractivity contribution is -0.910. The van der Waals surface area contributed by atoms with Crippen LogP contribution in [0.2, 0.25) is 5.02 Å². The van der Waals surface area contributed by atoms with Gasteiger partial charge in [0.25, 0.3) is 5.91 Å². The number of amides is 1. The van der Waals surface area contributed by atoms with Gasteiger partial charge in [0, 0.05) is 24.6 Å². The fraction of sp³-hybridized carbons (Fsp3) is 0.350. The van der Waals surface area contributed by atoms with Gasteiger partial charge in [-0.15, -0.1) is 0 Å². The Kier molecular flexibility index (Phi) is 6.19. The largest absolute Gasteiger partial charge is 0.497 e. The first-order valence-electron chi connectivity index (χ1n) is 8.83. The van der Waals surface area contributed by atoms with Crippen LogP contribution < -0.4 is 19.7 Å². The topological polar surface area (TPSA) is 52.0 Å². The second kappa shape index (κ2) is 8.59. The molecule has 0 radical (unpaired) electrons. The molecule has 2 N–H and O–H groups in total. The van der Waals surface area contributed by atoms with Crippen molar-refractivity contribution in [2.75, 3.05) is 32.6 Å². The van der Waals surface area contributed by atoms with Gasteiger partial charge >= 0.3 is 0 Å². The SMILES string of the molecule is COc1ccc([C@@H]2CCC[NH+]2CC(=O)Nc2ccc(F)c(Cl)c2)c(OC)c1. The minimum absolute atomic E-state index is 0.0119. The van der Waals surface area contributed by atoms with Gasteiger partial charge in [-0.1, -0.05) is 11.6 Å². The number of rotatable bonds is 6. The number of halogens is 2. The molecule has 0 saturated carbocycles. The minimum Gasteiger partial charge on any atom is -0.497 e. The number of carbonyl (C=O) groups excluding carboxylic acids is 1. The van der Waals surface area contributed by atoms with Gasteiger partial charge in [0.05, 0.1) is 31.4 Å². The normalized spacial score (nSPS) is 19.0. The second-order valence-electron chi connectivity index (χ2n) is 6.56. The smallest absolute Gasteiger partial charge is 0.279 e. The molecule has 0 aromatic heterocycles. The number of likely N-dealkylation sites (tertiary alicyclic amines) is 1. The number of carbonyl (C=O) groups is 1. The van der Waals surface area contributed by atoms with Gasteiger partial charge in [0.1, 0.15) is 23.4 Å². The molecule has 5 nitrogen and oxygen atoms in total. The first kappa shape index (κ1) is 19.5. The van der Waals surface area contributed by atoms with Crippen LogP contribution in [0, 0.1) is 5.82 Å². The number of ether oxygens (including phenoxy) is 2. The van der Waals surface area contributed by atoms with Crippen molar-refractivity contribution in [2.24, 2.45) is 0 Å². The van der Waals surface area contributed by atoms with Crippen molar-refractivity contribution in [1.82, 2.24) is 0 Å². The third kappa shape index (κ3) is 4.51. The molecule has 2 aromatic rings. The summed E-state index contributed by atoms with van der Waals surface area (Å²) in [6.45, 7) is 1.21. The summed E-state index contributed by atoms with van der Waals surface area (Å²) >= 11 is 5.77. The van der Waals surface area contributed by atoms with Crippen molar-refractivity contribution in [3.05, 3.63) is 52.8 Å². The van der Waals surface area contributed by atoms with E-state index in [1.807, 2.05) is 18.2 Å². The quantitative estimate of drug-likeness (QED) is 0.793. The summed E-state index contributed by atoms with van der Waals surface area (Å²) in [5.41, 5.74) is 1.56. The Balaban J connectivity index is 1.71. The lowest BCUT2D eigenvalue weighted by Crippen LogP contribution is -3.11. The van der Waals surface area contributed by atoms with Crippen LogP contribution in [0.1, 0.15) is 24.4 Å². The van der Waals surface area contributed by atoms with Crippen molar-refractivity contribution in [1.29, 1.82) is 0 Å². The minimum atomic E-state index is -0.508. The number of nitrogens with one attached hydrogen (secondary N) is 2. The monoisotopic (exact) mass is 393 g/mol. The molecule has 1 aliphatic rings. The van der Waals surface area contributed by atoms with Gasteiger partial charge in [-0.25, -0.2) is 4.39 Å². The lowest BCUT2D eigenvalue weighted by atomic mass is 10.0. The lowest BCUT2D eigenvalue weighted by Gasteiger charge is -2.23. The maximum atomic E-state index is 13.3. The standard InChI is InChI=1S/C20H22ClFN2O3/c1-26-14-6-7-15(19(11-14)27-2)18-4-3-9-24(18)12-20(25)23-13-5-8-17(22)16(21)10-13/h5-8,10-11,18H,3-4,9,12H2,1-2H3,(H,23,25)/p+1/t18-/m0/s1. The van der Waals surface area contributed by atoms with Gasteiger partial charge in [0.15, 0.2) is 6.54 Å². The van der Waals surface area contributed by atoms with Crippen LogP contribution in [0.25, 0.3) is 0 Å². The fourth-order valence-electron chi connectivity index (χ4n) is 3.59. The van der Waals surface area contributed by atoms with Gasteiger partial charge in [-0.3, -0.25) is 4.79 Å². The van der Waals surface area contributed by atoms with Crippen molar-refractivity contribution < 1.29 is 23.6 Å². The van der Waals surface area contributed by atoms with E-state index in [-0.39, 0.29) is 17.0 Å². The average Bonchev–Trinajstić information content (AvgIpc) is 3.11. The Bertz CT molecular complexity index is 831. The number of benzene rings is 2. The zero-order valence-corrected chi connectivity index (χ0v) is 16.1. The van der Waals surface area contributed by atoms with Crippen molar-refractivity contribution in [3.8, 4) is 11.5 Å². The van der Waals surface area contributed by atoms with Crippen LogP contribution in [0.3, 0.4) is 0 Å². The molecule has 27 heavy (non-hydrogen) atoms. The first-order chi connectivity index (χ1) is 13.0. The molecule has 1 heterocycles. The molecule has 3 rings (SSSR count). The highest BCUT2D eigenvalue weighted by molar-refractivity contribution is 6.31. The van der Waals surface area contributed by atoms with E-state index in [0.717, 1.165) is 36.4 Å². The molecule has 0 aliphatic carbocycles. The third-order valence-corrected chi connectivity index (χ3v) is 5.18. The summed E-state index contributed by atoms with van der Waals surface area (Å²) in [6, 6.07) is 10.1. The zero-order valence-electron chi connectivity index (χ0n) is 15.4. The van der Waals surface area contributed by atoms with Gasteiger partial charge in [0.2, 0.25) is 0 Å². The second-order valence-corrected chi connectivity index (χ2v) is 6.97. The van der Waals surface area contributed by atoms with Crippen LogP contribution in [0.4, 0.5) is 10.1 Å². The van der Waals surface area contributed by atoms with E-state index < -0.39 is 5.82 Å². The summed E-state index contributed by atoms with van der Waals surface area (Å²) in [5, 5.41) is 2.78. The first-order valence-corrected chi connectivity index (χ1v) is 9.21. The molecule has 0 bridgehead atoms. The van der Waals surface area contributed by atoms with Gasteiger partial charge < -0.3 is 19.7 Å². The van der Waals surface area contributed by atoms with E-state index >= 15 is 0 Å². The molecule has 7 heteroatoms. The Hall–Kier alpha value is -2.31. The molecule has 1 saturated heterocycles. The van der Waals surface area contributed by atoms with Crippen molar-refractivity contribution in [3.63, 3.8) is 0 Å². The van der Waals surface area contributed by atoms with Crippen LogP contribution in [0.5, 0.6) is 11.5 Å². The Labute approximate surface area is 163 Å². The van der Waals surface area contributed by atoms with Gasteiger partial charge in [-0.2, -0.15) is 0 Å². The molecule has 1 amide bonds. The van der Waals surface area contributed by atoms with Crippen molar-refractivity contribution in [2.45, 2.75) is 18.9 Å². The van der Waals surface area contributed by atoms with Crippen LogP contribution >= 0.6 is 11.6 Å². The highest BCUT2D eigenvalue weighted by Gasteiger charge is 2.33. The molecular formula is C20H23ClFN2O3+. The third-order valence-electron chi connectivity index (χ3n) is 4.89. The zero-order chi connectivity index (χ0) is 19.4. The molecular weight excluding hydrogens is 371 g/mol. The molecule has 1 aliphatic heterocycles. The van der Waals surface area contributed by atoms with E-state index in [4.69, 9.17) is 21.1 Å². The molecule has 144 valence electrons. The number of hydrogen-bond donors (Lipinski definition) is 2. The highest BCUT2D eigenvalue weighted by Crippen LogP contribution is 2.31. The van der Waals surface area contributed by atoms with E-state index in [9.17, 15) is 9.18 Å². The summed E-state index contributed by atoms with van der Waals surface area (Å²) in [6.07, 6.45) is 2.01. The summed E-state index contributed by atoms with van der Waals surface area (Å²) < 4.78 is 24.0. The van der Waals surface area contributed by atoms with Crippen LogP contribution in [0.15, 0.2) is 36.4 Å². The van der Waals surface area contributed by atoms with E-state index in [0.29, 0.717) is 12.2 Å². The Morgan fingerprint density at radius 2 is 2.07 bits per heavy atom. The Morgan fingerprint density at radius 3 is 2.78 bits per heavy atom. The number of anilines is 1. The summed E-state index contributed by atoms with van der Waals surface area (Å²) in [4.78, 5) is 13.6. The average molecular weight is 394 g/mol. The van der Waals surface area contributed by atoms with Crippen LogP contribution in [-0.4, -0.2) is 33.2 Å². The van der Waals surface area contributed by atoms with Gasteiger partial charge in [-0.05, 0) is 30.3 Å². The van der Waals surface area contributed by atoms with E-state index in [1.54, 1.807) is 14.2 Å². The number of methoxy groups -OCH3 is 2. The van der Waals surface area contributed by atoms with Crippen molar-refractivity contribution >= 4 is 23.2 Å². The predicted molar refractivity (Wildman–Crippen MR) is 102 cm³/mol. The highest BCUT2D eigenvalue weighted by atomic mass is 35.5. The predicted octanol–water partition coefficient (Wildman–Crippen LogP) is 2.85. The number of hydrogen-bond acceptors (Lipinski definition) is 3. The summed E-state index contributed by atoms with van der Waals surface area (Å²) in [5.74, 6) is 0.865. The molecule has 2 aromatic carbocycles. The van der Waals surface area contributed by atoms with E-state index in [1.165, 1.54) is 23.1 Å².